The number of carbonyl (C=O) groups excluding carboxylic acids is 1. The lowest BCUT2D eigenvalue weighted by Gasteiger charge is -2.35. The molecule has 162 valence electrons. The minimum atomic E-state index is -0.523. The molecule has 1 aromatic heterocycles. The maximum Gasteiger partial charge on any atom is 0.408 e. The number of guanidine groups is 1. The van der Waals surface area contributed by atoms with E-state index in [0.29, 0.717) is 13.1 Å². The summed E-state index contributed by atoms with van der Waals surface area (Å²) >= 11 is 0. The van der Waals surface area contributed by atoms with Crippen LogP contribution in [0.25, 0.3) is 0 Å². The first-order valence-electron chi connectivity index (χ1n) is 9.44. The van der Waals surface area contributed by atoms with Gasteiger partial charge in [-0.2, -0.15) is 5.10 Å². The van der Waals surface area contributed by atoms with Crippen molar-refractivity contribution in [1.82, 2.24) is 25.3 Å². The van der Waals surface area contributed by atoms with Gasteiger partial charge in [-0.25, -0.2) is 4.79 Å². The first kappa shape index (κ1) is 26.5. The number of hydrogen-bond acceptors (Lipinski definition) is 4. The van der Waals surface area contributed by atoms with Crippen molar-refractivity contribution in [1.29, 1.82) is 0 Å². The molecule has 0 aliphatic heterocycles. The summed E-state index contributed by atoms with van der Waals surface area (Å²) in [6, 6.07) is 0. The lowest BCUT2D eigenvalue weighted by molar-refractivity contribution is 0.0448. The molecular formula is C19H37IN6O2. The molecule has 0 fully saturated rings. The van der Waals surface area contributed by atoms with Gasteiger partial charge in [0.25, 0.3) is 0 Å². The molecule has 28 heavy (non-hydrogen) atoms. The number of aromatic nitrogens is 2. The number of ether oxygens (including phenoxy) is 1. The average Bonchev–Trinajstić information content (AvgIpc) is 2.97. The van der Waals surface area contributed by atoms with Gasteiger partial charge in [0.15, 0.2) is 5.96 Å². The van der Waals surface area contributed by atoms with E-state index < -0.39 is 17.2 Å². The summed E-state index contributed by atoms with van der Waals surface area (Å²) in [6.07, 6.45) is 4.98. The zero-order valence-corrected chi connectivity index (χ0v) is 20.8. The summed E-state index contributed by atoms with van der Waals surface area (Å²) in [4.78, 5) is 18.7. The molecule has 9 heteroatoms. The smallest absolute Gasteiger partial charge is 0.408 e. The van der Waals surface area contributed by atoms with Gasteiger partial charge in [-0.15, -0.1) is 24.0 Å². The van der Waals surface area contributed by atoms with E-state index >= 15 is 0 Å². The maximum absolute atomic E-state index is 12.3. The molecule has 0 aliphatic rings. The summed E-state index contributed by atoms with van der Waals surface area (Å²) in [6.45, 7) is 11.0. The monoisotopic (exact) mass is 508 g/mol. The van der Waals surface area contributed by atoms with Crippen molar-refractivity contribution < 1.29 is 9.53 Å². The lowest BCUT2D eigenvalue weighted by atomic mass is 9.93. The highest BCUT2D eigenvalue weighted by atomic mass is 127. The maximum atomic E-state index is 12.3. The number of nitrogens with zero attached hydrogens (tertiary/aromatic N) is 4. The molecular weight excluding hydrogens is 471 g/mol. The number of carbonyl (C=O) groups is 1. The Hall–Kier alpha value is -1.52. The SMILES string of the molecule is CCC(CC)(CNC(=NC)N(C)Cc1cnn(C)c1)NC(=O)OC(C)(C)C.I. The van der Waals surface area contributed by atoms with Crippen molar-refractivity contribution in [2.45, 2.75) is 65.1 Å². The molecule has 0 atom stereocenters. The molecule has 0 saturated heterocycles. The Labute approximate surface area is 186 Å². The minimum absolute atomic E-state index is 0. The molecule has 8 nitrogen and oxygen atoms in total. The van der Waals surface area contributed by atoms with Gasteiger partial charge < -0.3 is 20.3 Å². The Kier molecular flexibility index (Phi) is 10.9. The highest BCUT2D eigenvalue weighted by Gasteiger charge is 2.31. The molecule has 0 aromatic carbocycles. The predicted octanol–water partition coefficient (Wildman–Crippen LogP) is 3.13. The summed E-state index contributed by atoms with van der Waals surface area (Å²) in [5.74, 6) is 0.760. The topological polar surface area (TPSA) is 83.8 Å². The predicted molar refractivity (Wildman–Crippen MR) is 124 cm³/mol. The van der Waals surface area contributed by atoms with Crippen LogP contribution >= 0.6 is 24.0 Å². The van der Waals surface area contributed by atoms with E-state index in [1.54, 1.807) is 11.7 Å². The van der Waals surface area contributed by atoms with Crippen LogP contribution < -0.4 is 10.6 Å². The number of alkyl carbamates (subject to hydrolysis) is 1. The van der Waals surface area contributed by atoms with E-state index in [1.807, 2.05) is 52.2 Å². The number of halogens is 1. The fraction of sp³-hybridized carbons (Fsp3) is 0.737. The Bertz CT molecular complexity index is 635. The van der Waals surface area contributed by atoms with E-state index in [-0.39, 0.29) is 24.0 Å². The van der Waals surface area contributed by atoms with Gasteiger partial charge >= 0.3 is 6.09 Å². The molecule has 0 aliphatic carbocycles. The Balaban J connectivity index is 0.00000729. The number of hydrogen-bond donors (Lipinski definition) is 2. The van der Waals surface area contributed by atoms with E-state index in [4.69, 9.17) is 4.74 Å². The minimum Gasteiger partial charge on any atom is -0.444 e. The average molecular weight is 508 g/mol. The molecule has 0 bridgehead atoms. The van der Waals surface area contributed by atoms with Crippen LogP contribution in [0.1, 0.15) is 53.0 Å². The third kappa shape index (κ3) is 8.66. The summed E-state index contributed by atoms with van der Waals surface area (Å²) in [5.41, 5.74) is 0.171. The van der Waals surface area contributed by atoms with Crippen LogP contribution in [0.3, 0.4) is 0 Å². The number of nitrogens with one attached hydrogen (secondary N) is 2. The first-order valence-corrected chi connectivity index (χ1v) is 9.44. The molecule has 0 saturated carbocycles. The summed E-state index contributed by atoms with van der Waals surface area (Å²) in [5, 5.41) is 10.6. The normalized spacial score (nSPS) is 12.2. The van der Waals surface area contributed by atoms with Crippen LogP contribution in [0.5, 0.6) is 0 Å². The van der Waals surface area contributed by atoms with E-state index in [1.165, 1.54) is 0 Å². The Morgan fingerprint density at radius 1 is 1.32 bits per heavy atom. The fourth-order valence-corrected chi connectivity index (χ4v) is 2.78. The molecule has 1 amide bonds. The second-order valence-electron chi connectivity index (χ2n) is 7.89. The third-order valence-electron chi connectivity index (χ3n) is 4.46. The largest absolute Gasteiger partial charge is 0.444 e. The molecule has 2 N–H and O–H groups in total. The zero-order chi connectivity index (χ0) is 20.7. The zero-order valence-electron chi connectivity index (χ0n) is 18.5. The van der Waals surface area contributed by atoms with Crippen molar-refractivity contribution >= 4 is 36.0 Å². The van der Waals surface area contributed by atoms with Crippen molar-refractivity contribution in [3.63, 3.8) is 0 Å². The molecule has 1 rings (SSSR count). The lowest BCUT2D eigenvalue weighted by Crippen LogP contribution is -2.57. The van der Waals surface area contributed by atoms with E-state index in [9.17, 15) is 4.79 Å². The number of amides is 1. The highest BCUT2D eigenvalue weighted by molar-refractivity contribution is 14.0. The van der Waals surface area contributed by atoms with Crippen molar-refractivity contribution in [2.24, 2.45) is 12.0 Å². The summed E-state index contributed by atoms with van der Waals surface area (Å²) < 4.78 is 7.21. The molecule has 1 heterocycles. The third-order valence-corrected chi connectivity index (χ3v) is 4.46. The van der Waals surface area contributed by atoms with Gasteiger partial charge in [0.1, 0.15) is 5.60 Å². The van der Waals surface area contributed by atoms with Crippen LogP contribution in [0, 0.1) is 0 Å². The van der Waals surface area contributed by atoms with Gasteiger partial charge in [0.2, 0.25) is 0 Å². The quantitative estimate of drug-likeness (QED) is 0.336. The summed E-state index contributed by atoms with van der Waals surface area (Å²) in [7, 11) is 5.63. The number of aryl methyl sites for hydroxylation is 1. The van der Waals surface area contributed by atoms with Crippen LogP contribution in [-0.4, -0.2) is 58.5 Å². The molecule has 0 unspecified atom stereocenters. The van der Waals surface area contributed by atoms with Crippen molar-refractivity contribution in [2.75, 3.05) is 20.6 Å². The van der Waals surface area contributed by atoms with Gasteiger partial charge in [-0.1, -0.05) is 13.8 Å². The molecule has 0 radical (unpaired) electrons. The Morgan fingerprint density at radius 3 is 2.36 bits per heavy atom. The number of aliphatic imine (C=N–C) groups is 1. The van der Waals surface area contributed by atoms with Gasteiger partial charge in [0, 0.05) is 46.0 Å². The van der Waals surface area contributed by atoms with Crippen LogP contribution in [0.4, 0.5) is 4.79 Å². The highest BCUT2D eigenvalue weighted by Crippen LogP contribution is 2.16. The van der Waals surface area contributed by atoms with E-state index in [2.05, 4.69) is 34.6 Å². The van der Waals surface area contributed by atoms with E-state index in [0.717, 1.165) is 24.4 Å². The van der Waals surface area contributed by atoms with Crippen LogP contribution in [-0.2, 0) is 18.3 Å². The first-order chi connectivity index (χ1) is 12.5. The fourth-order valence-electron chi connectivity index (χ4n) is 2.78. The van der Waals surface area contributed by atoms with Crippen molar-refractivity contribution in [3.8, 4) is 0 Å². The van der Waals surface area contributed by atoms with Gasteiger partial charge in [0.05, 0.1) is 11.7 Å². The van der Waals surface area contributed by atoms with Crippen LogP contribution in [0.2, 0.25) is 0 Å². The second kappa shape index (κ2) is 11.5. The molecule has 0 spiro atoms. The number of rotatable bonds is 7. The van der Waals surface area contributed by atoms with Crippen molar-refractivity contribution in [3.05, 3.63) is 18.0 Å². The van der Waals surface area contributed by atoms with Gasteiger partial charge in [-0.3, -0.25) is 9.67 Å². The van der Waals surface area contributed by atoms with Crippen LogP contribution in [0.15, 0.2) is 17.4 Å². The Morgan fingerprint density at radius 2 is 1.93 bits per heavy atom. The standard InChI is InChI=1S/C19H36N6O2.HI/c1-9-19(10-2,23-17(26)27-18(3,4)5)14-21-16(20-6)24(7)12-15-11-22-25(8)13-15;/h11,13H,9-10,12,14H2,1-8H3,(H,20,21)(H,23,26);1H. The van der Waals surface area contributed by atoms with Gasteiger partial charge in [-0.05, 0) is 33.6 Å². The second-order valence-corrected chi connectivity index (χ2v) is 7.89. The molecule has 1 aromatic rings.